The van der Waals surface area contributed by atoms with E-state index in [1.54, 1.807) is 61.5 Å². The number of hydrogen-bond donors (Lipinski definition) is 2. The first-order chi connectivity index (χ1) is 17.7. The van der Waals surface area contributed by atoms with Gasteiger partial charge in [-0.2, -0.15) is 5.10 Å². The summed E-state index contributed by atoms with van der Waals surface area (Å²) in [5.74, 6) is 0.514. The van der Waals surface area contributed by atoms with Crippen LogP contribution in [0.15, 0.2) is 70.4 Å². The number of benzene rings is 2. The van der Waals surface area contributed by atoms with E-state index in [0.717, 1.165) is 16.1 Å². The lowest BCUT2D eigenvalue weighted by Crippen LogP contribution is -2.39. The molecule has 2 aromatic carbocycles. The summed E-state index contributed by atoms with van der Waals surface area (Å²) in [6.07, 6.45) is 3.94. The summed E-state index contributed by atoms with van der Waals surface area (Å²) in [4.78, 5) is 24.3. The first kappa shape index (κ1) is 27.3. The van der Waals surface area contributed by atoms with Crippen molar-refractivity contribution in [3.05, 3.63) is 77.7 Å². The number of sulfonamides is 1. The minimum absolute atomic E-state index is 0.160. The largest absolute Gasteiger partial charge is 0.495 e. The number of furan rings is 1. The number of nitrogens with zero attached hydrogens (tertiary/aromatic N) is 2. The summed E-state index contributed by atoms with van der Waals surface area (Å²) in [6, 6.07) is 15.2. The number of carbonyl (C=O) groups is 2. The number of amides is 2. The van der Waals surface area contributed by atoms with Crippen LogP contribution in [0.25, 0.3) is 0 Å². The average Bonchev–Trinajstić information content (AvgIpc) is 3.38. The molecule has 196 valence electrons. The van der Waals surface area contributed by atoms with Gasteiger partial charge in [-0.1, -0.05) is 6.07 Å². The van der Waals surface area contributed by atoms with Crippen molar-refractivity contribution in [2.75, 3.05) is 30.8 Å². The minimum Gasteiger partial charge on any atom is -0.495 e. The van der Waals surface area contributed by atoms with E-state index >= 15 is 0 Å². The van der Waals surface area contributed by atoms with Gasteiger partial charge in [0.05, 0.1) is 38.1 Å². The third-order valence-electron chi connectivity index (χ3n) is 4.98. The van der Waals surface area contributed by atoms with Crippen molar-refractivity contribution in [2.45, 2.75) is 13.5 Å². The Morgan fingerprint density at radius 1 is 1.11 bits per heavy atom. The molecule has 1 heterocycles. The Labute approximate surface area is 215 Å². The number of methoxy groups -OCH3 is 1. The van der Waals surface area contributed by atoms with Crippen LogP contribution in [0.2, 0.25) is 0 Å². The SMILES string of the molecule is COc1ccc(C)cc1N(CC(=O)N/N=C\c1ccc(OCC(=O)NCc2ccco2)cc1)S(C)(=O)=O. The molecule has 1 aromatic heterocycles. The fraction of sp³-hybridized carbons (Fsp3) is 0.240. The molecule has 0 bridgehead atoms. The summed E-state index contributed by atoms with van der Waals surface area (Å²) in [6.45, 7) is 1.44. The average molecular weight is 529 g/mol. The highest BCUT2D eigenvalue weighted by molar-refractivity contribution is 7.92. The van der Waals surface area contributed by atoms with Gasteiger partial charge in [0, 0.05) is 0 Å². The third-order valence-corrected chi connectivity index (χ3v) is 6.11. The van der Waals surface area contributed by atoms with Gasteiger partial charge in [0.15, 0.2) is 6.61 Å². The molecule has 2 N–H and O–H groups in total. The van der Waals surface area contributed by atoms with Gasteiger partial charge < -0.3 is 19.2 Å². The molecule has 0 fully saturated rings. The number of anilines is 1. The van der Waals surface area contributed by atoms with E-state index in [0.29, 0.717) is 22.8 Å². The van der Waals surface area contributed by atoms with Gasteiger partial charge in [-0.25, -0.2) is 13.8 Å². The van der Waals surface area contributed by atoms with Gasteiger partial charge in [-0.05, 0) is 66.6 Å². The van der Waals surface area contributed by atoms with Crippen molar-refractivity contribution in [3.63, 3.8) is 0 Å². The van der Waals surface area contributed by atoms with Crippen LogP contribution in [0.3, 0.4) is 0 Å². The summed E-state index contributed by atoms with van der Waals surface area (Å²) in [5.41, 5.74) is 4.04. The number of ether oxygens (including phenoxy) is 2. The lowest BCUT2D eigenvalue weighted by Gasteiger charge is -2.23. The zero-order chi connectivity index (χ0) is 26.8. The van der Waals surface area contributed by atoms with Crippen LogP contribution in [0, 0.1) is 6.92 Å². The maximum absolute atomic E-state index is 12.4. The lowest BCUT2D eigenvalue weighted by molar-refractivity contribution is -0.123. The molecule has 37 heavy (non-hydrogen) atoms. The van der Waals surface area contributed by atoms with Crippen LogP contribution >= 0.6 is 0 Å². The second-order valence-electron chi connectivity index (χ2n) is 7.95. The molecule has 0 radical (unpaired) electrons. The van der Waals surface area contributed by atoms with Crippen LogP contribution in [-0.2, 0) is 26.2 Å². The minimum atomic E-state index is -3.78. The van der Waals surface area contributed by atoms with E-state index in [2.05, 4.69) is 15.8 Å². The second kappa shape index (κ2) is 12.6. The molecule has 12 heteroatoms. The van der Waals surface area contributed by atoms with E-state index in [9.17, 15) is 18.0 Å². The summed E-state index contributed by atoms with van der Waals surface area (Å²) < 4.78 is 41.6. The van der Waals surface area contributed by atoms with Crippen LogP contribution in [-0.4, -0.2) is 53.0 Å². The zero-order valence-corrected chi connectivity index (χ0v) is 21.4. The molecule has 0 spiro atoms. The molecule has 3 rings (SSSR count). The number of rotatable bonds is 12. The quantitative estimate of drug-likeness (QED) is 0.271. The highest BCUT2D eigenvalue weighted by Crippen LogP contribution is 2.30. The topological polar surface area (TPSA) is 140 Å². The van der Waals surface area contributed by atoms with Gasteiger partial charge in [0.25, 0.3) is 11.8 Å². The standard InChI is InChI=1S/C25H28N4O7S/c1-18-6-11-23(34-2)22(13-18)29(37(3,32)33)16-24(30)28-27-14-19-7-9-20(10-8-19)36-17-25(31)26-15-21-5-4-12-35-21/h4-14H,15-17H2,1-3H3,(H,26,31)(H,28,30)/b27-14-. The molecule has 0 unspecified atom stereocenters. The Morgan fingerprint density at radius 2 is 1.86 bits per heavy atom. The highest BCUT2D eigenvalue weighted by Gasteiger charge is 2.24. The van der Waals surface area contributed by atoms with Gasteiger partial charge in [-0.15, -0.1) is 0 Å². The molecule has 0 saturated heterocycles. The summed E-state index contributed by atoms with van der Waals surface area (Å²) in [7, 11) is -2.35. The number of hydrogen-bond acceptors (Lipinski definition) is 8. The normalized spacial score (nSPS) is 11.2. The lowest BCUT2D eigenvalue weighted by atomic mass is 10.2. The van der Waals surface area contributed by atoms with Crippen molar-refractivity contribution in [1.82, 2.24) is 10.7 Å². The fourth-order valence-corrected chi connectivity index (χ4v) is 4.02. The van der Waals surface area contributed by atoms with E-state index in [-0.39, 0.29) is 24.7 Å². The Balaban J connectivity index is 1.51. The number of hydrazone groups is 1. The molecule has 11 nitrogen and oxygen atoms in total. The predicted molar refractivity (Wildman–Crippen MR) is 138 cm³/mol. The number of nitrogens with one attached hydrogen (secondary N) is 2. The van der Waals surface area contributed by atoms with Crippen LogP contribution in [0.4, 0.5) is 5.69 Å². The van der Waals surface area contributed by atoms with E-state index in [4.69, 9.17) is 13.9 Å². The molecular formula is C25H28N4O7S. The van der Waals surface area contributed by atoms with Crippen molar-refractivity contribution >= 4 is 33.7 Å². The molecule has 0 saturated carbocycles. The van der Waals surface area contributed by atoms with E-state index in [1.807, 2.05) is 0 Å². The first-order valence-electron chi connectivity index (χ1n) is 11.1. The molecule has 0 atom stereocenters. The number of aryl methyl sites for hydroxylation is 1. The van der Waals surface area contributed by atoms with Gasteiger partial charge in [-0.3, -0.25) is 13.9 Å². The van der Waals surface area contributed by atoms with Crippen LogP contribution in [0.5, 0.6) is 11.5 Å². The summed E-state index contributed by atoms with van der Waals surface area (Å²) >= 11 is 0. The Bertz CT molecular complexity index is 1340. The van der Waals surface area contributed by atoms with Gasteiger partial charge in [0.1, 0.15) is 23.8 Å². The Kier molecular flexibility index (Phi) is 9.27. The monoisotopic (exact) mass is 528 g/mol. The van der Waals surface area contributed by atoms with Crippen LogP contribution in [0.1, 0.15) is 16.9 Å². The smallest absolute Gasteiger partial charge is 0.260 e. The first-order valence-corrected chi connectivity index (χ1v) is 13.0. The molecule has 0 aliphatic rings. The maximum atomic E-state index is 12.4. The fourth-order valence-electron chi connectivity index (χ4n) is 3.17. The third kappa shape index (κ3) is 8.39. The van der Waals surface area contributed by atoms with Crippen molar-refractivity contribution in [1.29, 1.82) is 0 Å². The van der Waals surface area contributed by atoms with Crippen molar-refractivity contribution in [3.8, 4) is 11.5 Å². The van der Waals surface area contributed by atoms with E-state index in [1.165, 1.54) is 19.6 Å². The highest BCUT2D eigenvalue weighted by atomic mass is 32.2. The Hall–Kier alpha value is -4.32. The van der Waals surface area contributed by atoms with Crippen LogP contribution < -0.4 is 24.5 Å². The van der Waals surface area contributed by atoms with Gasteiger partial charge in [0.2, 0.25) is 10.0 Å². The van der Waals surface area contributed by atoms with Crippen molar-refractivity contribution < 1.29 is 31.9 Å². The summed E-state index contributed by atoms with van der Waals surface area (Å²) in [5, 5.41) is 6.57. The predicted octanol–water partition coefficient (Wildman–Crippen LogP) is 2.21. The zero-order valence-electron chi connectivity index (χ0n) is 20.6. The molecule has 3 aromatic rings. The van der Waals surface area contributed by atoms with Crippen molar-refractivity contribution in [2.24, 2.45) is 5.10 Å². The van der Waals surface area contributed by atoms with Gasteiger partial charge >= 0.3 is 0 Å². The molecule has 2 amide bonds. The van der Waals surface area contributed by atoms with E-state index < -0.39 is 22.5 Å². The number of carbonyl (C=O) groups excluding carboxylic acids is 2. The maximum Gasteiger partial charge on any atom is 0.260 e. The molecule has 0 aliphatic carbocycles. The second-order valence-corrected chi connectivity index (χ2v) is 9.86. The molecule has 0 aliphatic heterocycles. The Morgan fingerprint density at radius 3 is 2.51 bits per heavy atom. The molecular weight excluding hydrogens is 500 g/mol.